The molecule has 2 heterocycles. The van der Waals surface area contributed by atoms with E-state index in [-0.39, 0.29) is 22.9 Å². The molecule has 0 radical (unpaired) electrons. The molecule has 0 unspecified atom stereocenters. The van der Waals surface area contributed by atoms with Gasteiger partial charge >= 0.3 is 0 Å². The van der Waals surface area contributed by atoms with E-state index in [9.17, 15) is 9.18 Å². The average molecular weight is 378 g/mol. The summed E-state index contributed by atoms with van der Waals surface area (Å²) in [4.78, 5) is 22.7. The molecular formula is C18H21ClFN5O. The molecule has 6 nitrogen and oxygen atoms in total. The maximum Gasteiger partial charge on any atom is 0.224 e. The predicted molar refractivity (Wildman–Crippen MR) is 100 cm³/mol. The number of nitrogens with zero attached hydrogens (tertiary/aromatic N) is 3. The highest BCUT2D eigenvalue weighted by atomic mass is 35.5. The molecule has 0 aliphatic carbocycles. The lowest BCUT2D eigenvalue weighted by Crippen LogP contribution is -2.30. The number of carbonyl (C=O) groups excluding carboxylic acids is 1. The van der Waals surface area contributed by atoms with Gasteiger partial charge in [0.2, 0.25) is 5.91 Å². The Balaban J connectivity index is 1.44. The highest BCUT2D eigenvalue weighted by Crippen LogP contribution is 2.20. The third-order valence-corrected chi connectivity index (χ3v) is 4.59. The molecule has 0 saturated carbocycles. The Bertz CT molecular complexity index is 747. The standard InChI is InChI=1S/C18H21ClFN5O/c19-14-4-3-5-15(20)13(14)10-18(26)22-7-6-21-16-11-17(24-12-23-16)25-8-1-2-9-25/h3-5,11-12H,1-2,6-10H2,(H,22,26)(H,21,23,24). The molecule has 1 saturated heterocycles. The molecule has 3 rings (SSSR count). The van der Waals surface area contributed by atoms with Crippen molar-refractivity contribution in [1.29, 1.82) is 0 Å². The first kappa shape index (κ1) is 18.4. The van der Waals surface area contributed by atoms with Gasteiger partial charge in [-0.15, -0.1) is 0 Å². The van der Waals surface area contributed by atoms with Crippen molar-refractivity contribution in [3.05, 3.63) is 47.0 Å². The summed E-state index contributed by atoms with van der Waals surface area (Å²) >= 11 is 5.93. The third kappa shape index (κ3) is 4.82. The Hall–Kier alpha value is -2.41. The molecule has 2 aromatic rings. The fourth-order valence-electron chi connectivity index (χ4n) is 2.88. The van der Waals surface area contributed by atoms with E-state index in [1.165, 1.54) is 31.3 Å². The lowest BCUT2D eigenvalue weighted by Gasteiger charge is -2.16. The Kier molecular flexibility index (Phi) is 6.22. The smallest absolute Gasteiger partial charge is 0.224 e. The van der Waals surface area contributed by atoms with Crippen molar-refractivity contribution in [2.24, 2.45) is 0 Å². The van der Waals surface area contributed by atoms with Crippen LogP contribution in [0.1, 0.15) is 18.4 Å². The fraction of sp³-hybridized carbons (Fsp3) is 0.389. The zero-order valence-electron chi connectivity index (χ0n) is 14.3. The van der Waals surface area contributed by atoms with Crippen LogP contribution in [-0.2, 0) is 11.2 Å². The first-order chi connectivity index (χ1) is 12.6. The van der Waals surface area contributed by atoms with Crippen LogP contribution in [0.15, 0.2) is 30.6 Å². The van der Waals surface area contributed by atoms with Crippen molar-refractivity contribution < 1.29 is 9.18 Å². The van der Waals surface area contributed by atoms with Gasteiger partial charge in [0.25, 0.3) is 0 Å². The van der Waals surface area contributed by atoms with Crippen LogP contribution in [0.25, 0.3) is 0 Å². The molecule has 26 heavy (non-hydrogen) atoms. The van der Waals surface area contributed by atoms with Gasteiger partial charge in [-0.1, -0.05) is 17.7 Å². The highest BCUT2D eigenvalue weighted by molar-refractivity contribution is 6.31. The van der Waals surface area contributed by atoms with Crippen molar-refractivity contribution in [3.63, 3.8) is 0 Å². The van der Waals surface area contributed by atoms with Crippen molar-refractivity contribution in [2.45, 2.75) is 19.3 Å². The number of hydrogen-bond acceptors (Lipinski definition) is 5. The molecule has 8 heteroatoms. The molecule has 1 aromatic heterocycles. The minimum absolute atomic E-state index is 0.0852. The molecule has 2 N–H and O–H groups in total. The second kappa shape index (κ2) is 8.80. The Labute approximate surface area is 156 Å². The Morgan fingerprint density at radius 2 is 2.04 bits per heavy atom. The first-order valence-corrected chi connectivity index (χ1v) is 9.02. The van der Waals surface area contributed by atoms with Gasteiger partial charge in [0.05, 0.1) is 6.42 Å². The van der Waals surface area contributed by atoms with E-state index < -0.39 is 5.82 Å². The summed E-state index contributed by atoms with van der Waals surface area (Å²) in [5, 5.41) is 6.16. The normalized spacial score (nSPS) is 13.7. The summed E-state index contributed by atoms with van der Waals surface area (Å²) < 4.78 is 13.7. The van der Waals surface area contributed by atoms with Gasteiger partial charge in [0, 0.05) is 42.8 Å². The number of carbonyl (C=O) groups is 1. The van der Waals surface area contributed by atoms with Gasteiger partial charge in [0.1, 0.15) is 23.8 Å². The van der Waals surface area contributed by atoms with Crippen molar-refractivity contribution in [2.75, 3.05) is 36.4 Å². The summed E-state index contributed by atoms with van der Waals surface area (Å²) in [6.45, 7) is 2.94. The van der Waals surface area contributed by atoms with Crippen molar-refractivity contribution >= 4 is 29.1 Å². The van der Waals surface area contributed by atoms with Crippen LogP contribution < -0.4 is 15.5 Å². The van der Waals surface area contributed by atoms with Gasteiger partial charge in [-0.05, 0) is 25.0 Å². The zero-order chi connectivity index (χ0) is 18.4. The fourth-order valence-corrected chi connectivity index (χ4v) is 3.11. The van der Waals surface area contributed by atoms with Gasteiger partial charge in [0.15, 0.2) is 0 Å². The number of halogens is 2. The molecule has 1 aromatic carbocycles. The van der Waals surface area contributed by atoms with E-state index in [2.05, 4.69) is 25.5 Å². The van der Waals surface area contributed by atoms with Gasteiger partial charge in [-0.2, -0.15) is 0 Å². The van der Waals surface area contributed by atoms with Gasteiger partial charge in [-0.3, -0.25) is 4.79 Å². The van der Waals surface area contributed by atoms with E-state index in [1.807, 2.05) is 6.07 Å². The van der Waals surface area contributed by atoms with Crippen LogP contribution in [0, 0.1) is 5.82 Å². The molecule has 0 atom stereocenters. The maximum absolute atomic E-state index is 13.7. The van der Waals surface area contributed by atoms with E-state index in [4.69, 9.17) is 11.6 Å². The Morgan fingerprint density at radius 1 is 1.23 bits per heavy atom. The van der Waals surface area contributed by atoms with E-state index in [0.29, 0.717) is 18.9 Å². The molecule has 1 aliphatic rings. The van der Waals surface area contributed by atoms with E-state index in [0.717, 1.165) is 18.9 Å². The summed E-state index contributed by atoms with van der Waals surface area (Å²) in [5.41, 5.74) is 0.214. The van der Waals surface area contributed by atoms with Crippen LogP contribution in [0.2, 0.25) is 5.02 Å². The monoisotopic (exact) mass is 377 g/mol. The van der Waals surface area contributed by atoms with Crippen LogP contribution >= 0.6 is 11.6 Å². The minimum atomic E-state index is -0.471. The summed E-state index contributed by atoms with van der Waals surface area (Å²) in [6.07, 6.45) is 3.82. The largest absolute Gasteiger partial charge is 0.368 e. The molecule has 1 amide bonds. The topological polar surface area (TPSA) is 70.2 Å². The maximum atomic E-state index is 13.7. The molecule has 0 bridgehead atoms. The zero-order valence-corrected chi connectivity index (χ0v) is 15.1. The van der Waals surface area contributed by atoms with Gasteiger partial charge < -0.3 is 15.5 Å². The quantitative estimate of drug-likeness (QED) is 0.726. The second-order valence-corrected chi connectivity index (χ2v) is 6.52. The molecule has 1 aliphatic heterocycles. The SMILES string of the molecule is O=C(Cc1c(F)cccc1Cl)NCCNc1cc(N2CCCC2)ncn1. The molecule has 1 fully saturated rings. The third-order valence-electron chi connectivity index (χ3n) is 4.24. The van der Waals surface area contributed by atoms with Crippen LogP contribution in [0.4, 0.5) is 16.0 Å². The number of amides is 1. The number of rotatable bonds is 7. The number of aromatic nitrogens is 2. The second-order valence-electron chi connectivity index (χ2n) is 6.11. The summed E-state index contributed by atoms with van der Waals surface area (Å²) in [5.74, 6) is 0.881. The summed E-state index contributed by atoms with van der Waals surface area (Å²) in [7, 11) is 0. The number of nitrogens with one attached hydrogen (secondary N) is 2. The molecule has 138 valence electrons. The number of benzene rings is 1. The molecule has 0 spiro atoms. The number of anilines is 2. The average Bonchev–Trinajstić information content (AvgIpc) is 3.17. The highest BCUT2D eigenvalue weighted by Gasteiger charge is 2.14. The number of hydrogen-bond donors (Lipinski definition) is 2. The summed E-state index contributed by atoms with van der Waals surface area (Å²) in [6, 6.07) is 6.29. The van der Waals surface area contributed by atoms with E-state index in [1.54, 1.807) is 6.07 Å². The van der Waals surface area contributed by atoms with Crippen LogP contribution in [0.5, 0.6) is 0 Å². The lowest BCUT2D eigenvalue weighted by atomic mass is 10.1. The Morgan fingerprint density at radius 3 is 2.81 bits per heavy atom. The lowest BCUT2D eigenvalue weighted by molar-refractivity contribution is -0.120. The van der Waals surface area contributed by atoms with Crippen LogP contribution in [0.3, 0.4) is 0 Å². The molecular weight excluding hydrogens is 357 g/mol. The van der Waals surface area contributed by atoms with Crippen molar-refractivity contribution in [3.8, 4) is 0 Å². The van der Waals surface area contributed by atoms with Crippen molar-refractivity contribution in [1.82, 2.24) is 15.3 Å². The van der Waals surface area contributed by atoms with E-state index >= 15 is 0 Å². The predicted octanol–water partition coefficient (Wildman–Crippen LogP) is 2.64. The van der Waals surface area contributed by atoms with Gasteiger partial charge in [-0.25, -0.2) is 14.4 Å². The first-order valence-electron chi connectivity index (χ1n) is 8.64. The minimum Gasteiger partial charge on any atom is -0.368 e. The van der Waals surface area contributed by atoms with Crippen LogP contribution in [-0.4, -0.2) is 42.1 Å².